The van der Waals surface area contributed by atoms with Gasteiger partial charge in [0.25, 0.3) is 5.91 Å². The molecule has 0 spiro atoms. The van der Waals surface area contributed by atoms with Gasteiger partial charge in [0.1, 0.15) is 10.7 Å². The summed E-state index contributed by atoms with van der Waals surface area (Å²) in [4.78, 5) is 24.4. The molecule has 0 atom stereocenters. The van der Waals surface area contributed by atoms with Gasteiger partial charge in [-0.1, -0.05) is 13.8 Å². The largest absolute Gasteiger partial charge is 0.357 e. The first-order chi connectivity index (χ1) is 11.5. The molecule has 6 heteroatoms. The van der Waals surface area contributed by atoms with Gasteiger partial charge in [0.15, 0.2) is 0 Å². The van der Waals surface area contributed by atoms with Crippen LogP contribution >= 0.6 is 11.3 Å². The first-order valence-corrected chi connectivity index (χ1v) is 9.31. The third kappa shape index (κ3) is 3.75. The summed E-state index contributed by atoms with van der Waals surface area (Å²) < 4.78 is 0. The van der Waals surface area contributed by atoms with Crippen LogP contribution in [0.1, 0.15) is 58.5 Å². The minimum Gasteiger partial charge on any atom is -0.357 e. The Hall–Kier alpha value is -1.95. The SMILES string of the molecule is Cc1nc(C(C)C)sc1C(=O)NCc1ccnc(N2CCCC2)c1. The van der Waals surface area contributed by atoms with Crippen LogP contribution < -0.4 is 10.2 Å². The number of aromatic nitrogens is 2. The van der Waals surface area contributed by atoms with Crippen LogP contribution in [0.5, 0.6) is 0 Å². The van der Waals surface area contributed by atoms with Gasteiger partial charge < -0.3 is 10.2 Å². The second-order valence-corrected chi connectivity index (χ2v) is 7.55. The van der Waals surface area contributed by atoms with E-state index in [4.69, 9.17) is 0 Å². The third-order valence-electron chi connectivity index (χ3n) is 4.21. The highest BCUT2D eigenvalue weighted by Gasteiger charge is 2.17. The molecule has 0 bridgehead atoms. The van der Waals surface area contributed by atoms with E-state index in [0.717, 1.165) is 35.2 Å². The van der Waals surface area contributed by atoms with Gasteiger partial charge in [-0.25, -0.2) is 9.97 Å². The van der Waals surface area contributed by atoms with Crippen LogP contribution in [0.15, 0.2) is 18.3 Å². The monoisotopic (exact) mass is 344 g/mol. The van der Waals surface area contributed by atoms with Crippen molar-refractivity contribution >= 4 is 23.1 Å². The zero-order valence-corrected chi connectivity index (χ0v) is 15.3. The van der Waals surface area contributed by atoms with E-state index in [-0.39, 0.29) is 5.91 Å². The Morgan fingerprint density at radius 3 is 2.79 bits per heavy atom. The smallest absolute Gasteiger partial charge is 0.263 e. The first kappa shape index (κ1) is 16.9. The van der Waals surface area contributed by atoms with Crippen LogP contribution in [0.25, 0.3) is 0 Å². The second kappa shape index (κ2) is 7.30. The van der Waals surface area contributed by atoms with Crippen LogP contribution in [-0.2, 0) is 6.54 Å². The molecule has 1 saturated heterocycles. The molecule has 1 amide bonds. The van der Waals surface area contributed by atoms with Gasteiger partial charge in [0.2, 0.25) is 0 Å². The number of thiazole rings is 1. The molecule has 2 aromatic rings. The third-order valence-corrected chi connectivity index (χ3v) is 5.66. The van der Waals surface area contributed by atoms with Crippen molar-refractivity contribution < 1.29 is 4.79 Å². The Bertz CT molecular complexity index is 720. The average Bonchev–Trinajstić information content (AvgIpc) is 3.22. The summed E-state index contributed by atoms with van der Waals surface area (Å²) in [6, 6.07) is 4.03. The minimum atomic E-state index is -0.0450. The zero-order chi connectivity index (χ0) is 17.1. The molecule has 2 aromatic heterocycles. The number of rotatable bonds is 5. The van der Waals surface area contributed by atoms with E-state index in [1.54, 1.807) is 0 Å². The molecule has 3 rings (SSSR count). The summed E-state index contributed by atoms with van der Waals surface area (Å²) in [5, 5.41) is 4.02. The van der Waals surface area contributed by atoms with Crippen molar-refractivity contribution in [3.8, 4) is 0 Å². The number of pyridine rings is 1. The van der Waals surface area contributed by atoms with Crippen molar-refractivity contribution in [1.29, 1.82) is 0 Å². The number of carbonyl (C=O) groups excluding carboxylic acids is 1. The van der Waals surface area contributed by atoms with Crippen molar-refractivity contribution in [1.82, 2.24) is 15.3 Å². The molecule has 3 heterocycles. The van der Waals surface area contributed by atoms with E-state index in [0.29, 0.717) is 17.3 Å². The summed E-state index contributed by atoms with van der Waals surface area (Å²) in [6.07, 6.45) is 4.28. The maximum Gasteiger partial charge on any atom is 0.263 e. The molecule has 0 unspecified atom stereocenters. The molecule has 5 nitrogen and oxygen atoms in total. The molecule has 0 saturated carbocycles. The highest BCUT2D eigenvalue weighted by molar-refractivity contribution is 7.13. The van der Waals surface area contributed by atoms with E-state index in [1.165, 1.54) is 24.2 Å². The summed E-state index contributed by atoms with van der Waals surface area (Å²) in [5.74, 6) is 1.31. The van der Waals surface area contributed by atoms with Crippen molar-refractivity contribution in [3.63, 3.8) is 0 Å². The summed E-state index contributed by atoms with van der Waals surface area (Å²) in [7, 11) is 0. The van der Waals surface area contributed by atoms with E-state index in [9.17, 15) is 4.79 Å². The number of nitrogens with zero attached hydrogens (tertiary/aromatic N) is 3. The van der Waals surface area contributed by atoms with Gasteiger partial charge in [0, 0.05) is 31.7 Å². The van der Waals surface area contributed by atoms with E-state index >= 15 is 0 Å². The maximum atomic E-state index is 12.4. The Labute approximate surface area is 147 Å². The van der Waals surface area contributed by atoms with Gasteiger partial charge in [-0.05, 0) is 37.5 Å². The van der Waals surface area contributed by atoms with Crippen LogP contribution in [0.3, 0.4) is 0 Å². The summed E-state index contributed by atoms with van der Waals surface area (Å²) in [5.41, 5.74) is 1.89. The molecular formula is C18H24N4OS. The van der Waals surface area contributed by atoms with Gasteiger partial charge in [-0.3, -0.25) is 4.79 Å². The first-order valence-electron chi connectivity index (χ1n) is 8.50. The van der Waals surface area contributed by atoms with Gasteiger partial charge in [0.05, 0.1) is 10.7 Å². The standard InChI is InChI=1S/C18H24N4OS/c1-12(2)18-21-13(3)16(24-18)17(23)20-11-14-6-7-19-15(10-14)22-8-4-5-9-22/h6-7,10,12H,4-5,8-9,11H2,1-3H3,(H,20,23). The molecule has 1 aliphatic heterocycles. The topological polar surface area (TPSA) is 58.1 Å². The second-order valence-electron chi connectivity index (χ2n) is 6.52. The van der Waals surface area contributed by atoms with Gasteiger partial charge in [-0.15, -0.1) is 11.3 Å². The minimum absolute atomic E-state index is 0.0450. The summed E-state index contributed by atoms with van der Waals surface area (Å²) >= 11 is 1.49. The molecule has 1 N–H and O–H groups in total. The van der Waals surface area contributed by atoms with Crippen molar-refractivity contribution in [2.24, 2.45) is 0 Å². The van der Waals surface area contributed by atoms with Gasteiger partial charge in [-0.2, -0.15) is 0 Å². The number of carbonyl (C=O) groups is 1. The molecule has 0 radical (unpaired) electrons. The maximum absolute atomic E-state index is 12.4. The molecule has 24 heavy (non-hydrogen) atoms. The molecule has 1 fully saturated rings. The van der Waals surface area contributed by atoms with Gasteiger partial charge >= 0.3 is 0 Å². The lowest BCUT2D eigenvalue weighted by atomic mass is 10.2. The predicted molar refractivity (Wildman–Crippen MR) is 97.8 cm³/mol. The van der Waals surface area contributed by atoms with E-state index in [1.807, 2.05) is 19.2 Å². The molecule has 128 valence electrons. The van der Waals surface area contributed by atoms with Crippen molar-refractivity contribution in [2.75, 3.05) is 18.0 Å². The fourth-order valence-electron chi connectivity index (χ4n) is 2.83. The fraction of sp³-hybridized carbons (Fsp3) is 0.500. The van der Waals surface area contributed by atoms with E-state index in [2.05, 4.69) is 40.1 Å². The molecule has 0 aromatic carbocycles. The van der Waals surface area contributed by atoms with Crippen LogP contribution in [0.2, 0.25) is 0 Å². The Morgan fingerprint density at radius 2 is 2.12 bits per heavy atom. The van der Waals surface area contributed by atoms with Crippen LogP contribution in [-0.4, -0.2) is 29.0 Å². The Balaban J connectivity index is 1.65. The molecular weight excluding hydrogens is 320 g/mol. The lowest BCUT2D eigenvalue weighted by Crippen LogP contribution is -2.23. The number of aryl methyl sites for hydroxylation is 1. The average molecular weight is 344 g/mol. The number of hydrogen-bond donors (Lipinski definition) is 1. The predicted octanol–water partition coefficient (Wildman–Crippen LogP) is 3.50. The number of anilines is 1. The quantitative estimate of drug-likeness (QED) is 0.902. The van der Waals surface area contributed by atoms with E-state index < -0.39 is 0 Å². The Morgan fingerprint density at radius 1 is 1.38 bits per heavy atom. The summed E-state index contributed by atoms with van der Waals surface area (Å²) in [6.45, 7) is 8.74. The lowest BCUT2D eigenvalue weighted by Gasteiger charge is -2.16. The molecule has 0 aliphatic carbocycles. The van der Waals surface area contributed by atoms with Crippen LogP contribution in [0, 0.1) is 6.92 Å². The van der Waals surface area contributed by atoms with Crippen LogP contribution in [0.4, 0.5) is 5.82 Å². The van der Waals surface area contributed by atoms with Crippen molar-refractivity contribution in [3.05, 3.63) is 39.5 Å². The fourth-order valence-corrected chi connectivity index (χ4v) is 3.81. The Kier molecular flexibility index (Phi) is 5.14. The lowest BCUT2D eigenvalue weighted by molar-refractivity contribution is 0.0954. The highest BCUT2D eigenvalue weighted by Crippen LogP contribution is 2.24. The molecule has 1 aliphatic rings. The number of nitrogens with one attached hydrogen (secondary N) is 1. The van der Waals surface area contributed by atoms with Crippen molar-refractivity contribution in [2.45, 2.75) is 46.1 Å². The normalized spacial score (nSPS) is 14.4. The number of amides is 1. The highest BCUT2D eigenvalue weighted by atomic mass is 32.1. The number of hydrogen-bond acceptors (Lipinski definition) is 5. The zero-order valence-electron chi connectivity index (χ0n) is 14.5.